The summed E-state index contributed by atoms with van der Waals surface area (Å²) in [6, 6.07) is 8.76. The van der Waals surface area contributed by atoms with Gasteiger partial charge in [-0.25, -0.2) is 4.98 Å². The highest BCUT2D eigenvalue weighted by Crippen LogP contribution is 2.35. The Morgan fingerprint density at radius 1 is 1.29 bits per heavy atom. The Kier molecular flexibility index (Phi) is 5.97. The van der Waals surface area contributed by atoms with E-state index < -0.39 is 34.9 Å². The topological polar surface area (TPSA) is 152 Å². The number of aromatic nitrogens is 5. The van der Waals surface area contributed by atoms with Crippen LogP contribution in [0.25, 0.3) is 0 Å². The minimum Gasteiger partial charge on any atom is -0.501 e. The second-order valence-electron chi connectivity index (χ2n) is 7.83. The molecule has 2 N–H and O–H groups in total. The maximum Gasteiger partial charge on any atom is 0.296 e. The standard InChI is InChI=1S/C23H21N7O4/c1-13-9-25-30(11-13)19(17-7-5-4-6-15(17)8-24)14(2)21-28-18(20(31)23(33)29(21)3)22(32)27-16-10-26-34-12-16/h4-7,9-12,14,19,31H,1-3H3,(H,27,32)/t14-,19+/m1/s1. The zero-order valence-electron chi connectivity index (χ0n) is 18.6. The molecule has 4 rings (SSSR count). The van der Waals surface area contributed by atoms with E-state index in [9.17, 15) is 20.0 Å². The van der Waals surface area contributed by atoms with E-state index in [-0.39, 0.29) is 11.5 Å². The van der Waals surface area contributed by atoms with Gasteiger partial charge in [0.05, 0.1) is 30.1 Å². The van der Waals surface area contributed by atoms with E-state index >= 15 is 0 Å². The minimum absolute atomic E-state index is 0.226. The van der Waals surface area contributed by atoms with Crippen LogP contribution in [0.15, 0.2) is 58.4 Å². The molecule has 0 spiro atoms. The third-order valence-electron chi connectivity index (χ3n) is 5.50. The number of anilines is 1. The molecule has 0 saturated carbocycles. The zero-order chi connectivity index (χ0) is 24.4. The average molecular weight is 459 g/mol. The van der Waals surface area contributed by atoms with Crippen molar-refractivity contribution in [1.29, 1.82) is 5.26 Å². The van der Waals surface area contributed by atoms with Gasteiger partial charge in [-0.2, -0.15) is 10.4 Å². The van der Waals surface area contributed by atoms with E-state index in [4.69, 9.17) is 4.52 Å². The molecule has 1 amide bonds. The van der Waals surface area contributed by atoms with Crippen molar-refractivity contribution in [1.82, 2.24) is 24.5 Å². The molecule has 0 radical (unpaired) electrons. The number of hydrogen-bond acceptors (Lipinski definition) is 8. The Bertz CT molecular complexity index is 1450. The monoisotopic (exact) mass is 459 g/mol. The summed E-state index contributed by atoms with van der Waals surface area (Å²) < 4.78 is 7.58. The lowest BCUT2D eigenvalue weighted by atomic mass is 9.90. The molecule has 2 atom stereocenters. The molecule has 0 fully saturated rings. The summed E-state index contributed by atoms with van der Waals surface area (Å²) in [4.78, 5) is 30.0. The summed E-state index contributed by atoms with van der Waals surface area (Å²) in [5.41, 5.74) is 1.06. The average Bonchev–Trinajstić information content (AvgIpc) is 3.50. The Morgan fingerprint density at radius 3 is 2.71 bits per heavy atom. The maximum atomic E-state index is 12.8. The van der Waals surface area contributed by atoms with Crippen molar-refractivity contribution < 1.29 is 14.4 Å². The predicted molar refractivity (Wildman–Crippen MR) is 120 cm³/mol. The number of benzene rings is 1. The normalized spacial score (nSPS) is 12.6. The van der Waals surface area contributed by atoms with Crippen molar-refractivity contribution in [3.8, 4) is 11.8 Å². The maximum absolute atomic E-state index is 12.8. The van der Waals surface area contributed by atoms with Crippen LogP contribution >= 0.6 is 0 Å². The molecular weight excluding hydrogens is 438 g/mol. The van der Waals surface area contributed by atoms with Crippen LogP contribution in [0.1, 0.15) is 51.9 Å². The second kappa shape index (κ2) is 9.03. The van der Waals surface area contributed by atoms with Gasteiger partial charge in [-0.3, -0.25) is 18.8 Å². The van der Waals surface area contributed by atoms with Gasteiger partial charge in [-0.1, -0.05) is 30.3 Å². The SMILES string of the molecule is Cc1cnn([C@H](c2ccccc2C#N)[C@@H](C)c2nc(C(=O)Nc3cnoc3)c(O)c(=O)n2C)c1. The Hall–Kier alpha value is -4.72. The second-order valence-corrected chi connectivity index (χ2v) is 7.83. The van der Waals surface area contributed by atoms with Crippen LogP contribution in [-0.2, 0) is 7.05 Å². The first-order valence-electron chi connectivity index (χ1n) is 10.3. The first kappa shape index (κ1) is 22.5. The first-order valence-corrected chi connectivity index (χ1v) is 10.3. The molecular formula is C23H21N7O4. The van der Waals surface area contributed by atoms with E-state index in [1.165, 1.54) is 24.1 Å². The number of aryl methyl sites for hydroxylation is 1. The van der Waals surface area contributed by atoms with E-state index in [0.29, 0.717) is 11.1 Å². The van der Waals surface area contributed by atoms with Crippen molar-refractivity contribution in [2.45, 2.75) is 25.8 Å². The van der Waals surface area contributed by atoms with Crippen molar-refractivity contribution in [3.63, 3.8) is 0 Å². The van der Waals surface area contributed by atoms with Crippen LogP contribution < -0.4 is 10.9 Å². The molecule has 0 aliphatic carbocycles. The lowest BCUT2D eigenvalue weighted by Gasteiger charge is -2.27. The Labute approximate surface area is 193 Å². The molecule has 0 saturated heterocycles. The summed E-state index contributed by atoms with van der Waals surface area (Å²) in [7, 11) is 1.46. The van der Waals surface area contributed by atoms with Gasteiger partial charge in [-0.15, -0.1) is 0 Å². The molecule has 3 aromatic heterocycles. The molecule has 172 valence electrons. The molecule has 3 heterocycles. The van der Waals surface area contributed by atoms with Crippen LogP contribution in [0, 0.1) is 18.3 Å². The molecule has 11 nitrogen and oxygen atoms in total. The predicted octanol–water partition coefficient (Wildman–Crippen LogP) is 2.50. The Balaban J connectivity index is 1.85. The van der Waals surface area contributed by atoms with Gasteiger partial charge in [0.15, 0.2) is 5.69 Å². The fourth-order valence-corrected chi connectivity index (χ4v) is 3.85. The zero-order valence-corrected chi connectivity index (χ0v) is 18.6. The number of rotatable bonds is 6. The number of hydrogen-bond donors (Lipinski definition) is 2. The Morgan fingerprint density at radius 2 is 2.06 bits per heavy atom. The summed E-state index contributed by atoms with van der Waals surface area (Å²) in [5, 5.41) is 30.5. The highest BCUT2D eigenvalue weighted by molar-refractivity contribution is 6.04. The molecule has 0 unspecified atom stereocenters. The number of nitrogens with zero attached hydrogens (tertiary/aromatic N) is 6. The highest BCUT2D eigenvalue weighted by atomic mass is 16.5. The molecule has 34 heavy (non-hydrogen) atoms. The fraction of sp³-hybridized carbons (Fsp3) is 0.217. The number of carbonyl (C=O) groups excluding carboxylic acids is 1. The van der Waals surface area contributed by atoms with Crippen LogP contribution in [-0.4, -0.2) is 35.5 Å². The number of nitrogens with one attached hydrogen (secondary N) is 1. The smallest absolute Gasteiger partial charge is 0.296 e. The number of amides is 1. The molecule has 1 aromatic carbocycles. The number of aromatic hydroxyl groups is 1. The van der Waals surface area contributed by atoms with Crippen molar-refractivity contribution >= 4 is 11.6 Å². The third-order valence-corrected chi connectivity index (χ3v) is 5.50. The van der Waals surface area contributed by atoms with Crippen molar-refractivity contribution in [3.05, 3.63) is 87.7 Å². The third kappa shape index (κ3) is 4.04. The lowest BCUT2D eigenvalue weighted by molar-refractivity contribution is 0.101. The van der Waals surface area contributed by atoms with Crippen LogP contribution in [0.4, 0.5) is 5.69 Å². The summed E-state index contributed by atoms with van der Waals surface area (Å²) in [6.07, 6.45) is 5.99. The summed E-state index contributed by atoms with van der Waals surface area (Å²) in [5.74, 6) is -1.88. The van der Waals surface area contributed by atoms with E-state index in [1.807, 2.05) is 32.2 Å². The van der Waals surface area contributed by atoms with Gasteiger partial charge in [0, 0.05) is 19.2 Å². The van der Waals surface area contributed by atoms with Crippen LogP contribution in [0.2, 0.25) is 0 Å². The fourth-order valence-electron chi connectivity index (χ4n) is 3.85. The van der Waals surface area contributed by atoms with Gasteiger partial charge in [0.2, 0.25) is 5.75 Å². The van der Waals surface area contributed by atoms with Gasteiger partial charge >= 0.3 is 0 Å². The number of nitriles is 1. The molecule has 4 aromatic rings. The number of carbonyl (C=O) groups is 1. The molecule has 0 aliphatic rings. The van der Waals surface area contributed by atoms with Gasteiger partial charge < -0.3 is 14.9 Å². The highest BCUT2D eigenvalue weighted by Gasteiger charge is 2.31. The van der Waals surface area contributed by atoms with Crippen LogP contribution in [0.5, 0.6) is 5.75 Å². The van der Waals surface area contributed by atoms with Gasteiger partial charge in [0.1, 0.15) is 17.8 Å². The molecule has 0 bridgehead atoms. The van der Waals surface area contributed by atoms with E-state index in [1.54, 1.807) is 23.0 Å². The molecule has 11 heteroatoms. The largest absolute Gasteiger partial charge is 0.501 e. The van der Waals surface area contributed by atoms with Gasteiger partial charge in [-0.05, 0) is 24.1 Å². The summed E-state index contributed by atoms with van der Waals surface area (Å²) >= 11 is 0. The first-order chi connectivity index (χ1) is 16.3. The van der Waals surface area contributed by atoms with Crippen molar-refractivity contribution in [2.75, 3.05) is 5.32 Å². The van der Waals surface area contributed by atoms with E-state index in [2.05, 4.69) is 26.6 Å². The van der Waals surface area contributed by atoms with Gasteiger partial charge in [0.25, 0.3) is 11.5 Å². The molecule has 0 aliphatic heterocycles. The summed E-state index contributed by atoms with van der Waals surface area (Å²) in [6.45, 7) is 3.71. The van der Waals surface area contributed by atoms with Crippen molar-refractivity contribution in [2.24, 2.45) is 7.05 Å². The minimum atomic E-state index is -0.796. The van der Waals surface area contributed by atoms with E-state index in [0.717, 1.165) is 5.56 Å². The quantitative estimate of drug-likeness (QED) is 0.446. The lowest BCUT2D eigenvalue weighted by Crippen LogP contribution is -2.31. The van der Waals surface area contributed by atoms with Crippen LogP contribution in [0.3, 0.4) is 0 Å².